The molecule has 1 fully saturated rings. The standard InChI is InChI=1S/C17H21N3O3/c1-11(2-5-16(22)19-10-21)20-9-13-6-12(14-7-18-8-14)3-4-15(13)17(20)23/h3-4,6,10-11,14,18H,2,5,7-9H2,1H3,(H,19,21,22). The van der Waals surface area contributed by atoms with Gasteiger partial charge in [0.15, 0.2) is 0 Å². The predicted octanol–water partition coefficient (Wildman–Crippen LogP) is 0.770. The van der Waals surface area contributed by atoms with E-state index in [1.165, 1.54) is 5.56 Å². The molecule has 1 unspecified atom stereocenters. The fourth-order valence-electron chi connectivity index (χ4n) is 3.13. The average molecular weight is 315 g/mol. The molecule has 0 spiro atoms. The molecular weight excluding hydrogens is 294 g/mol. The normalized spacial score (nSPS) is 18.3. The largest absolute Gasteiger partial charge is 0.332 e. The maximum Gasteiger partial charge on any atom is 0.254 e. The van der Waals surface area contributed by atoms with Gasteiger partial charge < -0.3 is 10.2 Å². The molecule has 1 aromatic carbocycles. The summed E-state index contributed by atoms with van der Waals surface area (Å²) in [6.07, 6.45) is 1.17. The van der Waals surface area contributed by atoms with E-state index in [1.807, 2.05) is 24.0 Å². The molecule has 0 radical (unpaired) electrons. The van der Waals surface area contributed by atoms with Crippen molar-refractivity contribution in [2.45, 2.75) is 38.3 Å². The van der Waals surface area contributed by atoms with Gasteiger partial charge in [-0.15, -0.1) is 0 Å². The van der Waals surface area contributed by atoms with Gasteiger partial charge in [0.2, 0.25) is 12.3 Å². The maximum atomic E-state index is 12.5. The third-order valence-corrected chi connectivity index (χ3v) is 4.76. The molecule has 3 amide bonds. The summed E-state index contributed by atoms with van der Waals surface area (Å²) in [4.78, 5) is 35.9. The molecule has 6 nitrogen and oxygen atoms in total. The summed E-state index contributed by atoms with van der Waals surface area (Å²) in [5.41, 5.74) is 3.13. The first-order valence-electron chi connectivity index (χ1n) is 7.97. The number of amides is 3. The van der Waals surface area contributed by atoms with E-state index in [1.54, 1.807) is 0 Å². The molecule has 23 heavy (non-hydrogen) atoms. The number of carbonyl (C=O) groups is 3. The van der Waals surface area contributed by atoms with Crippen LogP contribution in [0.15, 0.2) is 18.2 Å². The van der Waals surface area contributed by atoms with Gasteiger partial charge in [0.25, 0.3) is 5.91 Å². The van der Waals surface area contributed by atoms with Gasteiger partial charge in [-0.2, -0.15) is 0 Å². The highest BCUT2D eigenvalue weighted by atomic mass is 16.2. The van der Waals surface area contributed by atoms with Crippen LogP contribution < -0.4 is 10.6 Å². The molecule has 2 heterocycles. The molecular formula is C17H21N3O3. The lowest BCUT2D eigenvalue weighted by Crippen LogP contribution is -2.39. The van der Waals surface area contributed by atoms with Crippen molar-refractivity contribution in [3.05, 3.63) is 34.9 Å². The Kier molecular flexibility index (Phi) is 4.43. The van der Waals surface area contributed by atoms with E-state index in [9.17, 15) is 14.4 Å². The first kappa shape index (κ1) is 15.7. The maximum absolute atomic E-state index is 12.5. The van der Waals surface area contributed by atoms with Crippen LogP contribution >= 0.6 is 0 Å². The van der Waals surface area contributed by atoms with Crippen LogP contribution in [0.3, 0.4) is 0 Å². The van der Waals surface area contributed by atoms with Crippen molar-refractivity contribution in [1.29, 1.82) is 0 Å². The van der Waals surface area contributed by atoms with E-state index in [-0.39, 0.29) is 24.3 Å². The second kappa shape index (κ2) is 6.50. The molecule has 1 aromatic rings. The minimum absolute atomic E-state index is 0.0292. The van der Waals surface area contributed by atoms with Crippen molar-refractivity contribution in [2.24, 2.45) is 0 Å². The highest BCUT2D eigenvalue weighted by Gasteiger charge is 2.31. The Morgan fingerprint density at radius 1 is 1.48 bits per heavy atom. The first-order valence-corrected chi connectivity index (χ1v) is 7.97. The summed E-state index contributed by atoms with van der Waals surface area (Å²) in [6.45, 7) is 4.53. The number of rotatable bonds is 6. The minimum atomic E-state index is -0.309. The van der Waals surface area contributed by atoms with Crippen molar-refractivity contribution in [1.82, 2.24) is 15.5 Å². The number of benzene rings is 1. The summed E-state index contributed by atoms with van der Waals surface area (Å²) >= 11 is 0. The summed E-state index contributed by atoms with van der Waals surface area (Å²) in [6, 6.07) is 6.08. The fourth-order valence-corrected chi connectivity index (χ4v) is 3.13. The zero-order valence-corrected chi connectivity index (χ0v) is 13.2. The van der Waals surface area contributed by atoms with Gasteiger partial charge >= 0.3 is 0 Å². The topological polar surface area (TPSA) is 78.5 Å². The highest BCUT2D eigenvalue weighted by Crippen LogP contribution is 2.30. The third kappa shape index (κ3) is 3.12. The van der Waals surface area contributed by atoms with E-state index >= 15 is 0 Å². The monoisotopic (exact) mass is 315 g/mol. The second-order valence-electron chi connectivity index (χ2n) is 6.28. The van der Waals surface area contributed by atoms with Gasteiger partial charge in [-0.3, -0.25) is 19.7 Å². The number of hydrogen-bond acceptors (Lipinski definition) is 4. The van der Waals surface area contributed by atoms with E-state index in [0.29, 0.717) is 25.3 Å². The molecule has 1 atom stereocenters. The molecule has 3 rings (SSSR count). The van der Waals surface area contributed by atoms with Crippen LogP contribution in [0.4, 0.5) is 0 Å². The van der Waals surface area contributed by atoms with E-state index < -0.39 is 0 Å². The van der Waals surface area contributed by atoms with Crippen LogP contribution in [-0.2, 0) is 16.1 Å². The number of imide groups is 1. The summed E-state index contributed by atoms with van der Waals surface area (Å²) in [5.74, 6) is 0.270. The number of carbonyl (C=O) groups excluding carboxylic acids is 3. The Hall–Kier alpha value is -2.21. The highest BCUT2D eigenvalue weighted by molar-refractivity contribution is 5.98. The molecule has 2 aliphatic rings. The van der Waals surface area contributed by atoms with Crippen LogP contribution in [0.5, 0.6) is 0 Å². The lowest BCUT2D eigenvalue weighted by molar-refractivity contribution is -0.125. The van der Waals surface area contributed by atoms with Gasteiger partial charge in [0.05, 0.1) is 0 Å². The van der Waals surface area contributed by atoms with E-state index in [2.05, 4.69) is 16.7 Å². The van der Waals surface area contributed by atoms with Gasteiger partial charge in [-0.05, 0) is 30.5 Å². The van der Waals surface area contributed by atoms with Crippen molar-refractivity contribution in [3.63, 3.8) is 0 Å². The Morgan fingerprint density at radius 2 is 2.26 bits per heavy atom. The lowest BCUT2D eigenvalue weighted by atomic mass is 9.91. The molecule has 122 valence electrons. The zero-order chi connectivity index (χ0) is 16.4. The summed E-state index contributed by atoms with van der Waals surface area (Å²) < 4.78 is 0. The molecule has 0 aromatic heterocycles. The lowest BCUT2D eigenvalue weighted by Gasteiger charge is -2.27. The number of hydrogen-bond donors (Lipinski definition) is 2. The van der Waals surface area contributed by atoms with Crippen LogP contribution in [0, 0.1) is 0 Å². The molecule has 0 saturated carbocycles. The third-order valence-electron chi connectivity index (χ3n) is 4.76. The van der Waals surface area contributed by atoms with Gasteiger partial charge in [-0.25, -0.2) is 0 Å². The van der Waals surface area contributed by atoms with Crippen molar-refractivity contribution in [3.8, 4) is 0 Å². The minimum Gasteiger partial charge on any atom is -0.332 e. The Balaban J connectivity index is 1.65. The molecule has 1 saturated heterocycles. The summed E-state index contributed by atoms with van der Waals surface area (Å²) in [7, 11) is 0. The molecule has 0 bridgehead atoms. The second-order valence-corrected chi connectivity index (χ2v) is 6.28. The Labute approximate surface area is 135 Å². The van der Waals surface area contributed by atoms with Gasteiger partial charge in [0.1, 0.15) is 0 Å². The first-order chi connectivity index (χ1) is 11.1. The predicted molar refractivity (Wildman–Crippen MR) is 84.8 cm³/mol. The number of fused-ring (bicyclic) bond motifs is 1. The fraction of sp³-hybridized carbons (Fsp3) is 0.471. The molecule has 2 aliphatic heterocycles. The molecule has 0 aliphatic carbocycles. The van der Waals surface area contributed by atoms with Crippen LogP contribution in [-0.4, -0.2) is 42.3 Å². The van der Waals surface area contributed by atoms with Crippen molar-refractivity contribution in [2.75, 3.05) is 13.1 Å². The Bertz CT molecular complexity index is 640. The van der Waals surface area contributed by atoms with Crippen LogP contribution in [0.25, 0.3) is 0 Å². The van der Waals surface area contributed by atoms with Gasteiger partial charge in [-0.1, -0.05) is 12.1 Å². The SMILES string of the molecule is CC(CCC(=O)NC=O)N1Cc2cc(C3CNC3)ccc2C1=O. The zero-order valence-electron chi connectivity index (χ0n) is 13.2. The van der Waals surface area contributed by atoms with Crippen LogP contribution in [0.1, 0.15) is 47.2 Å². The number of nitrogens with one attached hydrogen (secondary N) is 2. The number of nitrogens with zero attached hydrogens (tertiary/aromatic N) is 1. The van der Waals surface area contributed by atoms with E-state index in [4.69, 9.17) is 0 Å². The Morgan fingerprint density at radius 3 is 2.91 bits per heavy atom. The average Bonchev–Trinajstić information content (AvgIpc) is 2.80. The van der Waals surface area contributed by atoms with Crippen molar-refractivity contribution < 1.29 is 14.4 Å². The summed E-state index contributed by atoms with van der Waals surface area (Å²) in [5, 5.41) is 5.38. The molecule has 2 N–H and O–H groups in total. The van der Waals surface area contributed by atoms with Crippen LogP contribution in [0.2, 0.25) is 0 Å². The van der Waals surface area contributed by atoms with Crippen molar-refractivity contribution >= 4 is 18.2 Å². The van der Waals surface area contributed by atoms with Gasteiger partial charge in [0, 0.05) is 43.6 Å². The van der Waals surface area contributed by atoms with E-state index in [0.717, 1.165) is 24.2 Å². The quantitative estimate of drug-likeness (QED) is 0.760. The molecule has 6 heteroatoms. The smallest absolute Gasteiger partial charge is 0.254 e.